The zero-order valence-electron chi connectivity index (χ0n) is 23.2. The fraction of sp³-hybridized carbons (Fsp3) is 0.323. The van der Waals surface area contributed by atoms with Crippen LogP contribution >= 0.6 is 0 Å². The molecule has 1 atom stereocenters. The quantitative estimate of drug-likeness (QED) is 0.131. The van der Waals surface area contributed by atoms with Crippen molar-refractivity contribution in [2.24, 2.45) is 5.18 Å². The van der Waals surface area contributed by atoms with E-state index in [1.807, 2.05) is 25.1 Å². The van der Waals surface area contributed by atoms with Crippen LogP contribution in [0, 0.1) is 24.6 Å². The second-order valence-corrected chi connectivity index (χ2v) is 9.38. The van der Waals surface area contributed by atoms with Gasteiger partial charge in [0.2, 0.25) is 0 Å². The predicted molar refractivity (Wildman–Crippen MR) is 155 cm³/mol. The van der Waals surface area contributed by atoms with E-state index in [4.69, 9.17) is 9.47 Å². The third-order valence-corrected chi connectivity index (χ3v) is 6.56. The Morgan fingerprint density at radius 1 is 1.03 bits per heavy atom. The van der Waals surface area contributed by atoms with Crippen molar-refractivity contribution < 1.29 is 18.7 Å². The average Bonchev–Trinajstić information content (AvgIpc) is 2.92. The van der Waals surface area contributed by atoms with Crippen LogP contribution in [-0.2, 0) is 11.2 Å². The van der Waals surface area contributed by atoms with Gasteiger partial charge in [-0.1, -0.05) is 31.2 Å². The molecule has 2 N–H and O–H groups in total. The van der Waals surface area contributed by atoms with Crippen molar-refractivity contribution in [3.05, 3.63) is 93.7 Å². The number of halogens is 1. The van der Waals surface area contributed by atoms with Crippen molar-refractivity contribution in [3.63, 3.8) is 0 Å². The van der Waals surface area contributed by atoms with Crippen LogP contribution in [-0.4, -0.2) is 33.1 Å². The molecule has 8 heteroatoms. The second kappa shape index (κ2) is 13.6. The number of Topliss-reactive ketones (excluding diaryl/α,β-unsaturated/α-hetero) is 1. The molecule has 206 valence electrons. The highest BCUT2D eigenvalue weighted by Gasteiger charge is 2.27. The molecule has 0 radical (unpaired) electrons. The minimum atomic E-state index is -0.856. The molecule has 1 unspecified atom stereocenters. The molecule has 0 aliphatic rings. The zero-order chi connectivity index (χ0) is 28.5. The Bertz CT molecular complexity index is 1360. The smallest absolute Gasteiger partial charge is 0.189 e. The summed E-state index contributed by atoms with van der Waals surface area (Å²) in [5.74, 6) is 0.706. The Kier molecular flexibility index (Phi) is 10.2. The normalized spacial score (nSPS) is 11.4. The molecule has 0 heterocycles. The van der Waals surface area contributed by atoms with E-state index in [-0.39, 0.29) is 18.1 Å². The van der Waals surface area contributed by atoms with Gasteiger partial charge in [0.05, 0.1) is 20.8 Å². The summed E-state index contributed by atoms with van der Waals surface area (Å²) in [5, 5.41) is 9.34. The summed E-state index contributed by atoms with van der Waals surface area (Å²) in [6.45, 7) is 10.4. The zero-order valence-corrected chi connectivity index (χ0v) is 23.2. The Morgan fingerprint density at radius 2 is 1.77 bits per heavy atom. The first-order valence-electron chi connectivity index (χ1n) is 12.9. The molecule has 3 rings (SSSR count). The van der Waals surface area contributed by atoms with E-state index < -0.39 is 6.04 Å². The molecule has 0 spiro atoms. The number of nitroso groups, excluding NO2 is 1. The maximum absolute atomic E-state index is 14.1. The number of carbonyl (C=O) groups excluding carboxylic acids is 1. The number of benzene rings is 3. The van der Waals surface area contributed by atoms with Crippen molar-refractivity contribution in [1.82, 2.24) is 0 Å². The molecule has 0 fully saturated rings. The van der Waals surface area contributed by atoms with Gasteiger partial charge in [-0.15, -0.1) is 0 Å². The standard InChI is InChI=1S/C31H36FN3O4/c1-7-8-22-15-28(20(3)14-29(22)39-6)21(4)31(36)30(27-10-9-23(32)13-19(27)2)35-25-16-24(33-11-12-34-37)17-26(18-25)38-5/h9-10,13-18,30,33,35H,4,7-8,11-12H2,1-3,5-6H3. The highest BCUT2D eigenvalue weighted by atomic mass is 19.1. The molecule has 0 bridgehead atoms. The second-order valence-electron chi connectivity index (χ2n) is 9.38. The van der Waals surface area contributed by atoms with E-state index in [9.17, 15) is 14.1 Å². The van der Waals surface area contributed by atoms with Gasteiger partial charge >= 0.3 is 0 Å². The molecule has 0 amide bonds. The summed E-state index contributed by atoms with van der Waals surface area (Å²) >= 11 is 0. The van der Waals surface area contributed by atoms with Crippen molar-refractivity contribution in [1.29, 1.82) is 0 Å². The van der Waals surface area contributed by atoms with E-state index in [0.29, 0.717) is 40.4 Å². The monoisotopic (exact) mass is 533 g/mol. The summed E-state index contributed by atoms with van der Waals surface area (Å²) in [7, 11) is 3.18. The van der Waals surface area contributed by atoms with Crippen LogP contribution in [0.25, 0.3) is 5.57 Å². The van der Waals surface area contributed by atoms with E-state index in [1.165, 1.54) is 12.1 Å². The number of nitrogens with one attached hydrogen (secondary N) is 2. The number of ether oxygens (including phenoxy) is 2. The molecule has 0 aromatic heterocycles. The molecular formula is C31H36FN3O4. The number of aryl methyl sites for hydroxylation is 3. The van der Waals surface area contributed by atoms with Crippen molar-refractivity contribution in [3.8, 4) is 11.5 Å². The fourth-order valence-electron chi connectivity index (χ4n) is 4.58. The lowest BCUT2D eigenvalue weighted by atomic mass is 9.88. The van der Waals surface area contributed by atoms with Crippen LogP contribution in [0.1, 0.15) is 47.2 Å². The average molecular weight is 534 g/mol. The van der Waals surface area contributed by atoms with Crippen LogP contribution in [0.5, 0.6) is 11.5 Å². The van der Waals surface area contributed by atoms with E-state index in [2.05, 4.69) is 29.3 Å². The van der Waals surface area contributed by atoms with Gasteiger partial charge in [0.25, 0.3) is 0 Å². The van der Waals surface area contributed by atoms with Gasteiger partial charge in [-0.3, -0.25) is 4.79 Å². The van der Waals surface area contributed by atoms with Gasteiger partial charge in [-0.25, -0.2) is 4.39 Å². The first-order chi connectivity index (χ1) is 18.7. The predicted octanol–water partition coefficient (Wildman–Crippen LogP) is 7.03. The number of rotatable bonds is 14. The third-order valence-electron chi connectivity index (χ3n) is 6.56. The van der Waals surface area contributed by atoms with E-state index in [0.717, 1.165) is 35.3 Å². The van der Waals surface area contributed by atoms with Gasteiger partial charge in [0, 0.05) is 35.6 Å². The number of methoxy groups -OCH3 is 2. The number of anilines is 2. The first kappa shape index (κ1) is 29.4. The van der Waals surface area contributed by atoms with Crippen LogP contribution < -0.4 is 20.1 Å². The summed E-state index contributed by atoms with van der Waals surface area (Å²) < 4.78 is 25.0. The van der Waals surface area contributed by atoms with E-state index in [1.54, 1.807) is 39.3 Å². The lowest BCUT2D eigenvalue weighted by molar-refractivity contribution is -0.114. The molecule has 7 nitrogen and oxygen atoms in total. The lowest BCUT2D eigenvalue weighted by Crippen LogP contribution is -2.23. The van der Waals surface area contributed by atoms with Gasteiger partial charge in [0.1, 0.15) is 23.4 Å². The van der Waals surface area contributed by atoms with E-state index >= 15 is 0 Å². The maximum atomic E-state index is 14.1. The van der Waals surface area contributed by atoms with Crippen LogP contribution in [0.2, 0.25) is 0 Å². The highest BCUT2D eigenvalue weighted by Crippen LogP contribution is 2.34. The highest BCUT2D eigenvalue weighted by molar-refractivity contribution is 6.23. The van der Waals surface area contributed by atoms with Crippen LogP contribution in [0.15, 0.2) is 60.3 Å². The lowest BCUT2D eigenvalue weighted by Gasteiger charge is -2.24. The topological polar surface area (TPSA) is 89.0 Å². The van der Waals surface area contributed by atoms with Gasteiger partial charge in [-0.2, -0.15) is 4.91 Å². The Balaban J connectivity index is 2.06. The van der Waals surface area contributed by atoms with Crippen LogP contribution in [0.4, 0.5) is 15.8 Å². The van der Waals surface area contributed by atoms with Gasteiger partial charge in [-0.05, 0) is 78.4 Å². The van der Waals surface area contributed by atoms with Gasteiger partial charge < -0.3 is 20.1 Å². The minimum absolute atomic E-state index is 0.108. The third kappa shape index (κ3) is 7.22. The summed E-state index contributed by atoms with van der Waals surface area (Å²) in [5.41, 5.74) is 5.51. The summed E-state index contributed by atoms with van der Waals surface area (Å²) in [6, 6.07) is 12.8. The van der Waals surface area contributed by atoms with Crippen molar-refractivity contribution in [2.75, 3.05) is 37.9 Å². The number of hydrogen-bond acceptors (Lipinski definition) is 7. The molecular weight excluding hydrogens is 497 g/mol. The maximum Gasteiger partial charge on any atom is 0.189 e. The minimum Gasteiger partial charge on any atom is -0.497 e. The molecule has 0 saturated heterocycles. The molecule has 39 heavy (non-hydrogen) atoms. The molecule has 0 aliphatic heterocycles. The molecule has 3 aromatic carbocycles. The number of carbonyl (C=O) groups is 1. The Labute approximate surface area is 229 Å². The molecule has 3 aromatic rings. The largest absolute Gasteiger partial charge is 0.497 e. The SMILES string of the molecule is C=C(C(=O)C(Nc1cc(NCCN=O)cc(OC)c1)c1ccc(F)cc1C)c1cc(CCC)c(OC)cc1C. The Morgan fingerprint density at radius 3 is 2.41 bits per heavy atom. The number of hydrogen-bond donors (Lipinski definition) is 2. The fourth-order valence-corrected chi connectivity index (χ4v) is 4.58. The van der Waals surface area contributed by atoms with Crippen molar-refractivity contribution >= 4 is 22.7 Å². The molecule has 0 saturated carbocycles. The summed E-state index contributed by atoms with van der Waals surface area (Å²) in [6.07, 6.45) is 1.73. The number of nitrogens with zero attached hydrogens (tertiary/aromatic N) is 1. The first-order valence-corrected chi connectivity index (χ1v) is 12.9. The number of ketones is 1. The Hall–Kier alpha value is -4.20. The van der Waals surface area contributed by atoms with Crippen molar-refractivity contribution in [2.45, 2.75) is 39.7 Å². The molecule has 0 aliphatic carbocycles. The summed E-state index contributed by atoms with van der Waals surface area (Å²) in [4.78, 5) is 24.6. The van der Waals surface area contributed by atoms with Crippen LogP contribution in [0.3, 0.4) is 0 Å². The van der Waals surface area contributed by atoms with Gasteiger partial charge in [0.15, 0.2) is 5.78 Å².